The van der Waals surface area contributed by atoms with Crippen molar-refractivity contribution in [3.05, 3.63) is 40.4 Å². The Morgan fingerprint density at radius 3 is 2.96 bits per heavy atom. The maximum Gasteiger partial charge on any atom is 0.224 e. The SMILES string of the molecule is CCNC(=O)C1CCCN(Cc2csc(-c3ccc(Cl)cc3)n2)C1. The summed E-state index contributed by atoms with van der Waals surface area (Å²) in [6, 6.07) is 7.77. The maximum absolute atomic E-state index is 12.1. The van der Waals surface area contributed by atoms with Gasteiger partial charge in [0, 0.05) is 35.6 Å². The van der Waals surface area contributed by atoms with Crippen molar-refractivity contribution in [2.75, 3.05) is 19.6 Å². The second-order valence-corrected chi connectivity index (χ2v) is 7.41. The molecule has 1 amide bonds. The number of hydrogen-bond acceptors (Lipinski definition) is 4. The molecule has 1 aromatic heterocycles. The van der Waals surface area contributed by atoms with Gasteiger partial charge in [-0.3, -0.25) is 9.69 Å². The number of carbonyl (C=O) groups is 1. The van der Waals surface area contributed by atoms with E-state index in [0.29, 0.717) is 6.54 Å². The van der Waals surface area contributed by atoms with Crippen molar-refractivity contribution < 1.29 is 4.79 Å². The van der Waals surface area contributed by atoms with Crippen LogP contribution in [0.15, 0.2) is 29.6 Å². The number of amides is 1. The van der Waals surface area contributed by atoms with Crippen molar-refractivity contribution in [3.63, 3.8) is 0 Å². The van der Waals surface area contributed by atoms with Gasteiger partial charge in [-0.05, 0) is 38.4 Å². The quantitative estimate of drug-likeness (QED) is 0.878. The molecule has 1 fully saturated rings. The lowest BCUT2D eigenvalue weighted by Crippen LogP contribution is -2.42. The monoisotopic (exact) mass is 363 g/mol. The van der Waals surface area contributed by atoms with Crippen LogP contribution >= 0.6 is 22.9 Å². The first kappa shape index (κ1) is 17.4. The molecule has 3 rings (SSSR count). The Kier molecular flexibility index (Phi) is 5.87. The van der Waals surface area contributed by atoms with Crippen molar-refractivity contribution in [2.24, 2.45) is 5.92 Å². The fourth-order valence-electron chi connectivity index (χ4n) is 3.07. The van der Waals surface area contributed by atoms with E-state index in [2.05, 4.69) is 15.6 Å². The van der Waals surface area contributed by atoms with Gasteiger partial charge in [-0.2, -0.15) is 0 Å². The van der Waals surface area contributed by atoms with Gasteiger partial charge in [0.05, 0.1) is 11.6 Å². The van der Waals surface area contributed by atoms with Gasteiger partial charge in [-0.1, -0.05) is 23.7 Å². The van der Waals surface area contributed by atoms with Crippen molar-refractivity contribution >= 4 is 28.8 Å². The molecule has 128 valence electrons. The highest BCUT2D eigenvalue weighted by atomic mass is 35.5. The first-order chi connectivity index (χ1) is 11.7. The van der Waals surface area contributed by atoms with Crippen LogP contribution in [0.5, 0.6) is 0 Å². The topological polar surface area (TPSA) is 45.2 Å². The zero-order valence-electron chi connectivity index (χ0n) is 13.8. The van der Waals surface area contributed by atoms with Gasteiger partial charge < -0.3 is 5.32 Å². The fourth-order valence-corrected chi connectivity index (χ4v) is 4.01. The van der Waals surface area contributed by atoms with Gasteiger partial charge >= 0.3 is 0 Å². The summed E-state index contributed by atoms with van der Waals surface area (Å²) in [7, 11) is 0. The number of rotatable bonds is 5. The average molecular weight is 364 g/mol. The summed E-state index contributed by atoms with van der Waals surface area (Å²) in [6.07, 6.45) is 2.05. The number of piperidine rings is 1. The maximum atomic E-state index is 12.1. The lowest BCUT2D eigenvalue weighted by atomic mass is 9.97. The molecule has 0 saturated carbocycles. The highest BCUT2D eigenvalue weighted by molar-refractivity contribution is 7.13. The van der Waals surface area contributed by atoms with Crippen molar-refractivity contribution in [1.29, 1.82) is 0 Å². The Labute approximate surface area is 151 Å². The predicted molar refractivity (Wildman–Crippen MR) is 99.2 cm³/mol. The summed E-state index contributed by atoms with van der Waals surface area (Å²) < 4.78 is 0. The van der Waals surface area contributed by atoms with Crippen molar-refractivity contribution in [3.8, 4) is 10.6 Å². The number of nitrogens with one attached hydrogen (secondary N) is 1. The number of aromatic nitrogens is 1. The summed E-state index contributed by atoms with van der Waals surface area (Å²) in [4.78, 5) is 19.1. The third-order valence-electron chi connectivity index (χ3n) is 4.26. The third-order valence-corrected chi connectivity index (χ3v) is 5.45. The van der Waals surface area contributed by atoms with Gasteiger partial charge in [0.15, 0.2) is 0 Å². The Morgan fingerprint density at radius 1 is 1.42 bits per heavy atom. The van der Waals surface area contributed by atoms with Crippen molar-refractivity contribution in [2.45, 2.75) is 26.3 Å². The molecule has 0 bridgehead atoms. The third kappa shape index (κ3) is 4.35. The Balaban J connectivity index is 1.62. The molecular formula is C18H22ClN3OS. The molecule has 1 aromatic carbocycles. The highest BCUT2D eigenvalue weighted by Gasteiger charge is 2.25. The van der Waals surface area contributed by atoms with E-state index in [1.165, 1.54) is 0 Å². The second-order valence-electron chi connectivity index (χ2n) is 6.12. The molecule has 0 spiro atoms. The number of carbonyl (C=O) groups excluding carboxylic acids is 1. The van der Waals surface area contributed by atoms with Crippen LogP contribution in [0.3, 0.4) is 0 Å². The fraction of sp³-hybridized carbons (Fsp3) is 0.444. The minimum absolute atomic E-state index is 0.105. The largest absolute Gasteiger partial charge is 0.356 e. The zero-order chi connectivity index (χ0) is 16.9. The number of thiazole rings is 1. The van der Waals surface area contributed by atoms with Crippen molar-refractivity contribution in [1.82, 2.24) is 15.2 Å². The highest BCUT2D eigenvalue weighted by Crippen LogP contribution is 2.26. The minimum Gasteiger partial charge on any atom is -0.356 e. The molecule has 1 saturated heterocycles. The van der Waals surface area contributed by atoms with E-state index in [-0.39, 0.29) is 11.8 Å². The van der Waals surface area contributed by atoms with E-state index >= 15 is 0 Å². The molecule has 4 nitrogen and oxygen atoms in total. The standard InChI is InChI=1S/C18H22ClN3OS/c1-2-20-17(23)14-4-3-9-22(10-14)11-16-12-24-18(21-16)13-5-7-15(19)8-6-13/h5-8,12,14H,2-4,9-11H2,1H3,(H,20,23). The molecule has 2 heterocycles. The summed E-state index contributed by atoms with van der Waals surface area (Å²) >= 11 is 7.59. The van der Waals surface area contributed by atoms with Gasteiger partial charge in [0.25, 0.3) is 0 Å². The average Bonchev–Trinajstić information content (AvgIpc) is 3.04. The lowest BCUT2D eigenvalue weighted by Gasteiger charge is -2.31. The van der Waals surface area contributed by atoms with E-state index in [1.807, 2.05) is 31.2 Å². The molecule has 1 aliphatic rings. The first-order valence-electron chi connectivity index (χ1n) is 8.36. The van der Waals surface area contributed by atoms with Gasteiger partial charge in [0.2, 0.25) is 5.91 Å². The number of nitrogens with zero attached hydrogens (tertiary/aromatic N) is 2. The second kappa shape index (κ2) is 8.10. The summed E-state index contributed by atoms with van der Waals surface area (Å²) in [5.74, 6) is 0.287. The van der Waals surface area contributed by atoms with Crippen LogP contribution in [0.1, 0.15) is 25.5 Å². The summed E-state index contributed by atoms with van der Waals surface area (Å²) in [6.45, 7) is 5.32. The number of likely N-dealkylation sites (tertiary alicyclic amines) is 1. The van der Waals surface area contributed by atoms with Crippen LogP contribution < -0.4 is 5.32 Å². The number of benzene rings is 1. The molecule has 1 N–H and O–H groups in total. The molecule has 24 heavy (non-hydrogen) atoms. The molecule has 0 aliphatic carbocycles. The van der Waals surface area contributed by atoms with E-state index in [4.69, 9.17) is 16.6 Å². The predicted octanol–water partition coefficient (Wildman–Crippen LogP) is 3.81. The van der Waals surface area contributed by atoms with E-state index in [9.17, 15) is 4.79 Å². The molecular weight excluding hydrogens is 342 g/mol. The summed E-state index contributed by atoms with van der Waals surface area (Å²) in [5.41, 5.74) is 2.16. The zero-order valence-corrected chi connectivity index (χ0v) is 15.4. The molecule has 1 atom stereocenters. The Hall–Kier alpha value is -1.43. The number of hydrogen-bond donors (Lipinski definition) is 1. The molecule has 6 heteroatoms. The van der Waals surface area contributed by atoms with E-state index in [0.717, 1.165) is 53.8 Å². The van der Waals surface area contributed by atoms with Crippen LogP contribution in [0.25, 0.3) is 10.6 Å². The van der Waals surface area contributed by atoms with Crippen LogP contribution in [0, 0.1) is 5.92 Å². The smallest absolute Gasteiger partial charge is 0.224 e. The Morgan fingerprint density at radius 2 is 2.21 bits per heavy atom. The van der Waals surface area contributed by atoms with Crippen LogP contribution in [0.4, 0.5) is 0 Å². The van der Waals surface area contributed by atoms with Crippen LogP contribution in [0.2, 0.25) is 5.02 Å². The van der Waals surface area contributed by atoms with Gasteiger partial charge in [-0.15, -0.1) is 11.3 Å². The molecule has 0 radical (unpaired) electrons. The molecule has 1 aliphatic heterocycles. The van der Waals surface area contributed by atoms with E-state index in [1.54, 1.807) is 11.3 Å². The Bertz CT molecular complexity index is 686. The van der Waals surface area contributed by atoms with Gasteiger partial charge in [0.1, 0.15) is 5.01 Å². The number of halogens is 1. The minimum atomic E-state index is 0.105. The normalized spacial score (nSPS) is 18.5. The van der Waals surface area contributed by atoms with Crippen LogP contribution in [-0.4, -0.2) is 35.4 Å². The molecule has 1 unspecified atom stereocenters. The first-order valence-corrected chi connectivity index (χ1v) is 9.62. The summed E-state index contributed by atoms with van der Waals surface area (Å²) in [5, 5.41) is 6.80. The van der Waals surface area contributed by atoms with E-state index < -0.39 is 0 Å². The van der Waals surface area contributed by atoms with Gasteiger partial charge in [-0.25, -0.2) is 4.98 Å². The lowest BCUT2D eigenvalue weighted by molar-refractivity contribution is -0.126. The van der Waals surface area contributed by atoms with Crippen LogP contribution in [-0.2, 0) is 11.3 Å². The molecule has 2 aromatic rings.